The monoisotopic (exact) mass is 615 g/mol. The van der Waals surface area contributed by atoms with Crippen LogP contribution in [0.3, 0.4) is 0 Å². The maximum atomic E-state index is 14.2. The molecule has 0 bridgehead atoms. The molecule has 3 aromatic rings. The Labute approximate surface area is 252 Å². The molecule has 0 aliphatic heterocycles. The van der Waals surface area contributed by atoms with Crippen molar-refractivity contribution in [2.24, 2.45) is 0 Å². The molecule has 0 unspecified atom stereocenters. The van der Waals surface area contributed by atoms with Crippen molar-refractivity contribution in [2.45, 2.75) is 57.7 Å². The standard InChI is InChI=1S/C31H35Cl2N3O4S/c1-22-11-6-7-14-24(22)20-35(29(37)21-36(41(2,39)40)27-18-10-17-26(32)30(27)33)28(19-23-12-4-3-5-13-23)31(38)34-25-15-8-9-16-25/h3-7,10-14,17-18,25,28H,8-9,15-16,19-21H2,1-2H3,(H,34,38)/t28-/m0/s1. The van der Waals surface area contributed by atoms with Gasteiger partial charge in [-0.15, -0.1) is 0 Å². The zero-order valence-electron chi connectivity index (χ0n) is 23.2. The molecule has 1 N–H and O–H groups in total. The number of amides is 2. The molecule has 0 radical (unpaired) electrons. The minimum Gasteiger partial charge on any atom is -0.352 e. The summed E-state index contributed by atoms with van der Waals surface area (Å²) in [5.41, 5.74) is 2.80. The molecule has 2 amide bonds. The predicted molar refractivity (Wildman–Crippen MR) is 165 cm³/mol. The number of benzene rings is 3. The number of nitrogens with zero attached hydrogens (tertiary/aromatic N) is 2. The van der Waals surface area contributed by atoms with Gasteiger partial charge in [0, 0.05) is 19.0 Å². The van der Waals surface area contributed by atoms with E-state index in [0.29, 0.717) is 0 Å². The highest BCUT2D eigenvalue weighted by Gasteiger charge is 2.35. The van der Waals surface area contributed by atoms with Crippen molar-refractivity contribution in [3.8, 4) is 0 Å². The van der Waals surface area contributed by atoms with Crippen LogP contribution in [0, 0.1) is 6.92 Å². The summed E-state index contributed by atoms with van der Waals surface area (Å²) < 4.78 is 26.9. The van der Waals surface area contributed by atoms with Crippen LogP contribution in [0.4, 0.5) is 5.69 Å². The van der Waals surface area contributed by atoms with Crippen LogP contribution in [-0.2, 0) is 32.6 Å². The third kappa shape index (κ3) is 8.03. The second kappa shape index (κ2) is 13.7. The van der Waals surface area contributed by atoms with Gasteiger partial charge < -0.3 is 10.2 Å². The van der Waals surface area contributed by atoms with Crippen molar-refractivity contribution >= 4 is 50.7 Å². The number of aryl methyl sites for hydroxylation is 1. The van der Waals surface area contributed by atoms with Gasteiger partial charge in [-0.2, -0.15) is 0 Å². The molecule has 1 aliphatic rings. The van der Waals surface area contributed by atoms with Crippen molar-refractivity contribution < 1.29 is 18.0 Å². The van der Waals surface area contributed by atoms with Crippen molar-refractivity contribution in [1.29, 1.82) is 0 Å². The van der Waals surface area contributed by atoms with Gasteiger partial charge in [-0.3, -0.25) is 13.9 Å². The first-order valence-corrected chi connectivity index (χ1v) is 16.2. The van der Waals surface area contributed by atoms with Crippen molar-refractivity contribution in [1.82, 2.24) is 10.2 Å². The van der Waals surface area contributed by atoms with E-state index < -0.39 is 28.5 Å². The van der Waals surface area contributed by atoms with Gasteiger partial charge >= 0.3 is 0 Å². The topological polar surface area (TPSA) is 86.8 Å². The Morgan fingerprint density at radius 2 is 1.61 bits per heavy atom. The van der Waals surface area contributed by atoms with Gasteiger partial charge in [-0.1, -0.05) is 96.7 Å². The second-order valence-electron chi connectivity index (χ2n) is 10.5. The minimum atomic E-state index is -3.95. The minimum absolute atomic E-state index is 0.0256. The van der Waals surface area contributed by atoms with E-state index in [0.717, 1.165) is 52.9 Å². The Kier molecular flexibility index (Phi) is 10.3. The first-order valence-electron chi connectivity index (χ1n) is 13.6. The molecule has 10 heteroatoms. The fourth-order valence-electron chi connectivity index (χ4n) is 5.17. The Morgan fingerprint density at radius 1 is 0.951 bits per heavy atom. The molecule has 3 aromatic carbocycles. The first kappa shape index (κ1) is 30.9. The van der Waals surface area contributed by atoms with E-state index in [9.17, 15) is 18.0 Å². The molecular weight excluding hydrogens is 581 g/mol. The predicted octanol–water partition coefficient (Wildman–Crippen LogP) is 5.77. The molecule has 1 aliphatic carbocycles. The number of hydrogen-bond donors (Lipinski definition) is 1. The van der Waals surface area contributed by atoms with E-state index in [1.807, 2.05) is 61.5 Å². The van der Waals surface area contributed by atoms with Gasteiger partial charge in [0.05, 0.1) is 22.0 Å². The highest BCUT2D eigenvalue weighted by molar-refractivity contribution is 7.92. The van der Waals surface area contributed by atoms with Crippen LogP contribution in [0.2, 0.25) is 10.0 Å². The lowest BCUT2D eigenvalue weighted by Crippen LogP contribution is -2.54. The van der Waals surface area contributed by atoms with Gasteiger partial charge in [0.1, 0.15) is 12.6 Å². The zero-order chi connectivity index (χ0) is 29.6. The summed E-state index contributed by atoms with van der Waals surface area (Å²) in [5, 5.41) is 3.36. The van der Waals surface area contributed by atoms with E-state index in [1.54, 1.807) is 12.1 Å². The Bertz CT molecular complexity index is 1480. The van der Waals surface area contributed by atoms with E-state index in [-0.39, 0.29) is 40.6 Å². The molecule has 1 saturated carbocycles. The smallest absolute Gasteiger partial charge is 0.244 e. The summed E-state index contributed by atoms with van der Waals surface area (Å²) >= 11 is 12.6. The quantitative estimate of drug-likeness (QED) is 0.297. The first-order chi connectivity index (χ1) is 19.5. The molecule has 0 spiro atoms. The average Bonchev–Trinajstić information content (AvgIpc) is 3.45. The lowest BCUT2D eigenvalue weighted by Gasteiger charge is -2.34. The molecule has 0 saturated heterocycles. The van der Waals surface area contributed by atoms with E-state index in [4.69, 9.17) is 23.2 Å². The normalized spacial score (nSPS) is 14.4. The number of carbonyl (C=O) groups is 2. The van der Waals surface area contributed by atoms with Crippen LogP contribution >= 0.6 is 23.2 Å². The summed E-state index contributed by atoms with van der Waals surface area (Å²) in [5.74, 6) is -0.786. The molecule has 7 nitrogen and oxygen atoms in total. The largest absolute Gasteiger partial charge is 0.352 e. The number of halogens is 2. The third-order valence-corrected chi connectivity index (χ3v) is 9.39. The fourth-order valence-corrected chi connectivity index (χ4v) is 6.47. The molecule has 41 heavy (non-hydrogen) atoms. The number of rotatable bonds is 11. The van der Waals surface area contributed by atoms with Crippen molar-refractivity contribution in [2.75, 3.05) is 17.1 Å². The third-order valence-electron chi connectivity index (χ3n) is 7.45. The SMILES string of the molecule is Cc1ccccc1CN(C(=O)CN(c1cccc(Cl)c1Cl)S(C)(=O)=O)[C@@H](Cc1ccccc1)C(=O)NC1CCCC1. The van der Waals surface area contributed by atoms with E-state index in [1.165, 1.54) is 11.0 Å². The summed E-state index contributed by atoms with van der Waals surface area (Å²) in [4.78, 5) is 29.6. The van der Waals surface area contributed by atoms with Gasteiger partial charge in [-0.05, 0) is 48.6 Å². The number of anilines is 1. The lowest BCUT2D eigenvalue weighted by molar-refractivity contribution is -0.140. The molecule has 1 atom stereocenters. The van der Waals surface area contributed by atoms with Gasteiger partial charge in [0.15, 0.2) is 0 Å². The summed E-state index contributed by atoms with van der Waals surface area (Å²) in [6.07, 6.45) is 5.16. The molecule has 0 heterocycles. The summed E-state index contributed by atoms with van der Waals surface area (Å²) in [6, 6.07) is 20.9. The maximum absolute atomic E-state index is 14.2. The van der Waals surface area contributed by atoms with Gasteiger partial charge in [0.25, 0.3) is 0 Å². The molecule has 1 fully saturated rings. The zero-order valence-corrected chi connectivity index (χ0v) is 25.6. The Balaban J connectivity index is 1.75. The number of hydrogen-bond acceptors (Lipinski definition) is 4. The number of sulfonamides is 1. The van der Waals surface area contributed by atoms with E-state index in [2.05, 4.69) is 5.32 Å². The molecule has 4 rings (SSSR count). The molecular formula is C31H35Cl2N3O4S. The van der Waals surface area contributed by atoms with Crippen LogP contribution in [0.1, 0.15) is 42.4 Å². The molecule has 0 aromatic heterocycles. The summed E-state index contributed by atoms with van der Waals surface area (Å²) in [7, 11) is -3.95. The van der Waals surface area contributed by atoms with Crippen LogP contribution in [0.25, 0.3) is 0 Å². The summed E-state index contributed by atoms with van der Waals surface area (Å²) in [6.45, 7) is 1.52. The fraction of sp³-hybridized carbons (Fsp3) is 0.355. The Morgan fingerprint density at radius 3 is 2.27 bits per heavy atom. The number of carbonyl (C=O) groups excluding carboxylic acids is 2. The van der Waals surface area contributed by atoms with Crippen molar-refractivity contribution in [3.05, 3.63) is 99.5 Å². The van der Waals surface area contributed by atoms with Crippen LogP contribution in [0.15, 0.2) is 72.8 Å². The van der Waals surface area contributed by atoms with Crippen LogP contribution in [0.5, 0.6) is 0 Å². The average molecular weight is 617 g/mol. The van der Waals surface area contributed by atoms with Gasteiger partial charge in [0.2, 0.25) is 21.8 Å². The lowest BCUT2D eigenvalue weighted by atomic mass is 10.0. The number of nitrogens with one attached hydrogen (secondary N) is 1. The van der Waals surface area contributed by atoms with E-state index >= 15 is 0 Å². The van der Waals surface area contributed by atoms with Crippen LogP contribution < -0.4 is 9.62 Å². The second-order valence-corrected chi connectivity index (χ2v) is 13.2. The highest BCUT2D eigenvalue weighted by atomic mass is 35.5. The maximum Gasteiger partial charge on any atom is 0.244 e. The van der Waals surface area contributed by atoms with Crippen LogP contribution in [-0.4, -0.2) is 50.0 Å². The Hall–Kier alpha value is -3.07. The highest BCUT2D eigenvalue weighted by Crippen LogP contribution is 2.34. The molecule has 218 valence electrons. The van der Waals surface area contributed by atoms with Gasteiger partial charge in [-0.25, -0.2) is 8.42 Å². The van der Waals surface area contributed by atoms with Crippen molar-refractivity contribution in [3.63, 3.8) is 0 Å².